The van der Waals surface area contributed by atoms with Gasteiger partial charge in [-0.2, -0.15) is 15.8 Å². The van der Waals surface area contributed by atoms with Gasteiger partial charge in [0.1, 0.15) is 0 Å². The summed E-state index contributed by atoms with van der Waals surface area (Å²) in [5, 5.41) is 34.0. The Kier molecular flexibility index (Phi) is 6.56. The first-order chi connectivity index (χ1) is 24.7. The second kappa shape index (κ2) is 11.4. The Labute approximate surface area is 287 Å². The van der Waals surface area contributed by atoms with Crippen LogP contribution >= 0.6 is 0 Å². The van der Waals surface area contributed by atoms with Crippen LogP contribution in [0.2, 0.25) is 0 Å². The molecule has 9 aromatic rings. The zero-order chi connectivity index (χ0) is 33.8. The molecule has 0 N–H and O–H groups in total. The number of nitrogens with zero attached hydrogens (tertiary/aromatic N) is 5. The summed E-state index contributed by atoms with van der Waals surface area (Å²) in [5.41, 5.74) is 11.5. The normalized spacial score (nSPS) is 11.1. The fourth-order valence-corrected chi connectivity index (χ4v) is 7.44. The highest BCUT2D eigenvalue weighted by Crippen LogP contribution is 2.39. The molecular weight excluding hydrogens is 611 g/mol. The number of hydrogen-bond donors (Lipinski definition) is 0. The molecule has 0 saturated carbocycles. The fraction of sp³-hybridized carbons (Fsp3) is 0. The Morgan fingerprint density at radius 3 is 1.76 bits per heavy atom. The molecule has 0 radical (unpaired) electrons. The second-order valence-corrected chi connectivity index (χ2v) is 12.3. The minimum Gasteiger partial charge on any atom is -0.309 e. The third-order valence-corrected chi connectivity index (χ3v) is 9.65. The first-order valence-electron chi connectivity index (χ1n) is 16.3. The van der Waals surface area contributed by atoms with E-state index in [2.05, 4.69) is 118 Å². The van der Waals surface area contributed by atoms with Crippen molar-refractivity contribution in [2.45, 2.75) is 0 Å². The van der Waals surface area contributed by atoms with E-state index in [1.54, 1.807) is 0 Å². The quantitative estimate of drug-likeness (QED) is 0.193. The first kappa shape index (κ1) is 28.8. The molecule has 0 aliphatic rings. The van der Waals surface area contributed by atoms with Gasteiger partial charge in [0.2, 0.25) is 0 Å². The lowest BCUT2D eigenvalue weighted by molar-refractivity contribution is 1.18. The Balaban J connectivity index is 1.20. The van der Waals surface area contributed by atoms with Crippen LogP contribution in [0.15, 0.2) is 152 Å². The molecule has 0 unspecified atom stereocenters. The van der Waals surface area contributed by atoms with Gasteiger partial charge in [-0.1, -0.05) is 78.9 Å². The predicted octanol–water partition coefficient (Wildman–Crippen LogP) is 10.8. The zero-order valence-corrected chi connectivity index (χ0v) is 26.7. The minimum atomic E-state index is 0.540. The minimum absolute atomic E-state index is 0.540. The molecule has 0 aliphatic heterocycles. The molecule has 0 aliphatic carbocycles. The molecule has 0 atom stereocenters. The topological polar surface area (TPSA) is 81.2 Å². The number of benzene rings is 7. The Morgan fingerprint density at radius 2 is 1.04 bits per heavy atom. The standard InChI is InChI=1S/C45H25N5/c46-26-29-16-23-43-39(24-29)45-33(28-48)8-7-15-44(45)50(43)40-12-4-1-9-35(40)31-17-18-32(27-47)38(25-31)30-19-21-34(22-20-30)49-41-13-5-2-10-36(41)37-11-3-6-14-42(37)49/h1-25H. The zero-order valence-electron chi connectivity index (χ0n) is 26.7. The summed E-state index contributed by atoms with van der Waals surface area (Å²) in [7, 11) is 0. The van der Waals surface area contributed by atoms with Crippen molar-refractivity contribution in [3.05, 3.63) is 168 Å². The average molecular weight is 636 g/mol. The SMILES string of the molecule is N#Cc1ccc2c(c1)c1c(C#N)cccc1n2-c1ccccc1-c1ccc(C#N)c(-c2ccc(-n3c4ccccc4c4ccccc43)cc2)c1. The third kappa shape index (κ3) is 4.31. The highest BCUT2D eigenvalue weighted by molar-refractivity contribution is 6.13. The van der Waals surface area contributed by atoms with Crippen LogP contribution in [0.1, 0.15) is 16.7 Å². The van der Waals surface area contributed by atoms with Crippen molar-refractivity contribution in [2.24, 2.45) is 0 Å². The molecule has 2 heterocycles. The summed E-state index contributed by atoms with van der Waals surface area (Å²) in [4.78, 5) is 0. The largest absolute Gasteiger partial charge is 0.309 e. The molecule has 7 aromatic carbocycles. The van der Waals surface area contributed by atoms with Crippen molar-refractivity contribution >= 4 is 43.6 Å². The van der Waals surface area contributed by atoms with E-state index in [1.807, 2.05) is 60.7 Å². The van der Waals surface area contributed by atoms with Gasteiger partial charge in [0.25, 0.3) is 0 Å². The summed E-state index contributed by atoms with van der Waals surface area (Å²) >= 11 is 0. The molecule has 0 fully saturated rings. The molecule has 5 nitrogen and oxygen atoms in total. The van der Waals surface area contributed by atoms with E-state index in [-0.39, 0.29) is 0 Å². The molecule has 9 rings (SSSR count). The van der Waals surface area contributed by atoms with Crippen LogP contribution in [0.25, 0.3) is 77.2 Å². The van der Waals surface area contributed by atoms with Crippen LogP contribution in [-0.4, -0.2) is 9.13 Å². The molecule has 50 heavy (non-hydrogen) atoms. The van der Waals surface area contributed by atoms with Gasteiger partial charge >= 0.3 is 0 Å². The van der Waals surface area contributed by atoms with E-state index in [0.717, 1.165) is 66.5 Å². The molecule has 2 aromatic heterocycles. The van der Waals surface area contributed by atoms with Gasteiger partial charge in [-0.05, 0) is 83.9 Å². The number of nitriles is 3. The van der Waals surface area contributed by atoms with Gasteiger partial charge in [0.05, 0.1) is 62.7 Å². The molecule has 0 bridgehead atoms. The van der Waals surface area contributed by atoms with Crippen LogP contribution < -0.4 is 0 Å². The van der Waals surface area contributed by atoms with Crippen molar-refractivity contribution in [2.75, 3.05) is 0 Å². The lowest BCUT2D eigenvalue weighted by atomic mass is 9.94. The van der Waals surface area contributed by atoms with Gasteiger partial charge in [-0.25, -0.2) is 0 Å². The number of para-hydroxylation sites is 3. The van der Waals surface area contributed by atoms with Gasteiger partial charge in [-0.15, -0.1) is 0 Å². The Bertz CT molecular complexity index is 2900. The van der Waals surface area contributed by atoms with E-state index in [9.17, 15) is 15.8 Å². The number of fused-ring (bicyclic) bond motifs is 6. The average Bonchev–Trinajstić information content (AvgIpc) is 3.70. The van der Waals surface area contributed by atoms with E-state index < -0.39 is 0 Å². The number of aromatic nitrogens is 2. The molecule has 0 amide bonds. The summed E-state index contributed by atoms with van der Waals surface area (Å²) in [6.07, 6.45) is 0. The summed E-state index contributed by atoms with van der Waals surface area (Å²) in [5.74, 6) is 0. The maximum Gasteiger partial charge on any atom is 0.0998 e. The molecule has 5 heteroatoms. The predicted molar refractivity (Wildman–Crippen MR) is 200 cm³/mol. The smallest absolute Gasteiger partial charge is 0.0998 e. The fourth-order valence-electron chi connectivity index (χ4n) is 7.44. The highest BCUT2D eigenvalue weighted by Gasteiger charge is 2.19. The lowest BCUT2D eigenvalue weighted by Crippen LogP contribution is -1.98. The number of rotatable bonds is 4. The maximum absolute atomic E-state index is 10.2. The van der Waals surface area contributed by atoms with E-state index in [1.165, 1.54) is 10.8 Å². The van der Waals surface area contributed by atoms with Crippen molar-refractivity contribution < 1.29 is 0 Å². The first-order valence-corrected chi connectivity index (χ1v) is 16.3. The second-order valence-electron chi connectivity index (χ2n) is 12.3. The lowest BCUT2D eigenvalue weighted by Gasteiger charge is -2.16. The van der Waals surface area contributed by atoms with Crippen LogP contribution in [0.4, 0.5) is 0 Å². The Morgan fingerprint density at radius 1 is 0.400 bits per heavy atom. The van der Waals surface area contributed by atoms with Crippen LogP contribution in [0.3, 0.4) is 0 Å². The summed E-state index contributed by atoms with van der Waals surface area (Å²) in [6, 6.07) is 57.9. The van der Waals surface area contributed by atoms with Gasteiger partial charge in [0, 0.05) is 38.4 Å². The molecule has 0 saturated heterocycles. The highest BCUT2D eigenvalue weighted by atomic mass is 15.0. The summed E-state index contributed by atoms with van der Waals surface area (Å²) in [6.45, 7) is 0. The molecular formula is C45H25N5. The van der Waals surface area contributed by atoms with Crippen molar-refractivity contribution in [1.29, 1.82) is 15.8 Å². The van der Waals surface area contributed by atoms with Gasteiger partial charge in [-0.3, -0.25) is 0 Å². The van der Waals surface area contributed by atoms with Crippen molar-refractivity contribution in [1.82, 2.24) is 9.13 Å². The Hall–Kier alpha value is -7.39. The van der Waals surface area contributed by atoms with Crippen LogP contribution in [0, 0.1) is 34.0 Å². The molecule has 0 spiro atoms. The van der Waals surface area contributed by atoms with Crippen LogP contribution in [0.5, 0.6) is 0 Å². The summed E-state index contributed by atoms with van der Waals surface area (Å²) < 4.78 is 4.45. The van der Waals surface area contributed by atoms with Crippen molar-refractivity contribution in [3.63, 3.8) is 0 Å². The van der Waals surface area contributed by atoms with Crippen molar-refractivity contribution in [3.8, 4) is 51.8 Å². The van der Waals surface area contributed by atoms with Crippen LogP contribution in [-0.2, 0) is 0 Å². The van der Waals surface area contributed by atoms with Gasteiger partial charge in [0.15, 0.2) is 0 Å². The van der Waals surface area contributed by atoms with E-state index >= 15 is 0 Å². The number of hydrogen-bond acceptors (Lipinski definition) is 3. The monoisotopic (exact) mass is 635 g/mol. The maximum atomic E-state index is 10.2. The van der Waals surface area contributed by atoms with Gasteiger partial charge < -0.3 is 9.13 Å². The third-order valence-electron chi connectivity index (χ3n) is 9.65. The van der Waals surface area contributed by atoms with E-state index in [4.69, 9.17) is 0 Å². The molecule has 230 valence electrons. The van der Waals surface area contributed by atoms with E-state index in [0.29, 0.717) is 16.7 Å².